The number of carboxylic acids is 2. The molecule has 3 atom stereocenters. The summed E-state index contributed by atoms with van der Waals surface area (Å²) in [5.41, 5.74) is 5.03. The second kappa shape index (κ2) is 15.8. The van der Waals surface area contributed by atoms with Gasteiger partial charge in [-0.15, -0.1) is 35.0 Å². The molecule has 1 amide bonds. The van der Waals surface area contributed by atoms with Gasteiger partial charge in [0.2, 0.25) is 0 Å². The third-order valence-corrected chi connectivity index (χ3v) is 11.0. The molecule has 2 aromatic rings. The molecule has 2 N–H and O–H groups in total. The van der Waals surface area contributed by atoms with Crippen molar-refractivity contribution >= 4 is 52.8 Å². The lowest BCUT2D eigenvalue weighted by molar-refractivity contribution is -0.906. The molecule has 3 aliphatic rings. The minimum atomic E-state index is -1.51. The van der Waals surface area contributed by atoms with Crippen LogP contribution in [-0.2, 0) is 20.1 Å². The fourth-order valence-electron chi connectivity index (χ4n) is 6.06. The van der Waals surface area contributed by atoms with E-state index in [0.717, 1.165) is 24.3 Å². The largest absolute Gasteiger partial charge is 0.545 e. The smallest absolute Gasteiger partial charge is 0.328 e. The number of hydrogen-bond donors (Lipinski definition) is 2. The molecule has 1 spiro atoms. The zero-order chi connectivity index (χ0) is 31.7. The standard InChI is InChI=1S/C30H34Cl2N2OS.C4H4O4/c1-33(29(35)22-7-3-2-4-8-22)20-24(23-11-12-27(31)28(32)19-23)13-16-34-17-14-30(15-18-34)26-10-6-5-9-25(26)21-36-30;5-3(6)1-2-4(7)8/h2-12,19,24,27-28H,13-18,20-21H2,1H3;1-2H,(H,5,6)(H,7,8)/b;2-1+. The van der Waals surface area contributed by atoms with Crippen LogP contribution < -0.4 is 10.0 Å². The molecule has 10 heteroatoms. The number of halogens is 2. The lowest BCUT2D eigenvalue weighted by Gasteiger charge is -2.38. The van der Waals surface area contributed by atoms with Gasteiger partial charge in [-0.1, -0.05) is 60.7 Å². The Morgan fingerprint density at radius 2 is 1.75 bits per heavy atom. The summed E-state index contributed by atoms with van der Waals surface area (Å²) in [6.45, 7) is 4.16. The second-order valence-electron chi connectivity index (χ2n) is 11.4. The maximum Gasteiger partial charge on any atom is 0.328 e. The maximum absolute atomic E-state index is 13.1. The van der Waals surface area contributed by atoms with E-state index in [1.54, 1.807) is 10.5 Å². The van der Waals surface area contributed by atoms with Crippen molar-refractivity contribution in [2.24, 2.45) is 5.92 Å². The highest BCUT2D eigenvalue weighted by Gasteiger charge is 2.43. The number of amides is 1. The fourth-order valence-corrected chi connectivity index (χ4v) is 7.97. The van der Waals surface area contributed by atoms with E-state index < -0.39 is 11.9 Å². The zero-order valence-corrected chi connectivity index (χ0v) is 27.0. The average Bonchev–Trinajstić information content (AvgIpc) is 3.38. The molecule has 0 aromatic heterocycles. The van der Waals surface area contributed by atoms with Crippen LogP contribution in [0.5, 0.6) is 0 Å². The van der Waals surface area contributed by atoms with Crippen LogP contribution in [0.1, 0.15) is 40.7 Å². The summed E-state index contributed by atoms with van der Waals surface area (Å²) in [6.07, 6.45) is 10.6. The molecule has 1 saturated heterocycles. The van der Waals surface area contributed by atoms with E-state index >= 15 is 0 Å². The zero-order valence-electron chi connectivity index (χ0n) is 24.7. The third kappa shape index (κ3) is 9.00. The number of benzene rings is 2. The van der Waals surface area contributed by atoms with E-state index in [9.17, 15) is 19.5 Å². The van der Waals surface area contributed by atoms with Crippen molar-refractivity contribution in [2.75, 3.05) is 33.2 Å². The van der Waals surface area contributed by atoms with E-state index in [-0.39, 0.29) is 22.6 Å². The molecule has 2 aliphatic heterocycles. The first kappa shape index (κ1) is 33.8. The van der Waals surface area contributed by atoms with Gasteiger partial charge in [0, 0.05) is 56.2 Å². The topological polar surface area (TPSA) is 102 Å². The molecule has 3 unspecified atom stereocenters. The van der Waals surface area contributed by atoms with Crippen molar-refractivity contribution < 1.29 is 29.5 Å². The Labute approximate surface area is 273 Å². The predicted molar refractivity (Wildman–Crippen MR) is 174 cm³/mol. The molecule has 5 rings (SSSR count). The SMILES string of the molecule is CN(CC(CC[NH+]1CCC2(CC1)SCc1ccccc12)C1=CC(Cl)C(Cl)C=C1)C(=O)c1ccccc1.O=C([O-])/C=C/C(=O)O. The number of alkyl halides is 2. The Bertz CT molecular complexity index is 1390. The van der Waals surface area contributed by atoms with Gasteiger partial charge in [-0.3, -0.25) is 4.79 Å². The number of piperidine rings is 1. The van der Waals surface area contributed by atoms with Crippen LogP contribution in [0.15, 0.2) is 90.6 Å². The van der Waals surface area contributed by atoms with Crippen molar-refractivity contribution in [2.45, 2.75) is 40.5 Å². The Morgan fingerprint density at radius 1 is 1.07 bits per heavy atom. The number of aliphatic carboxylic acids is 2. The van der Waals surface area contributed by atoms with Gasteiger partial charge < -0.3 is 24.8 Å². The van der Waals surface area contributed by atoms with Crippen molar-refractivity contribution in [1.29, 1.82) is 0 Å². The summed E-state index contributed by atoms with van der Waals surface area (Å²) in [6, 6.07) is 18.6. The average molecular weight is 658 g/mol. The Balaban J connectivity index is 0.000000488. The summed E-state index contributed by atoms with van der Waals surface area (Å²) >= 11 is 15.0. The van der Waals surface area contributed by atoms with Crippen LogP contribution in [0.2, 0.25) is 0 Å². The highest BCUT2D eigenvalue weighted by molar-refractivity contribution is 7.99. The monoisotopic (exact) mass is 656 g/mol. The van der Waals surface area contributed by atoms with Gasteiger partial charge >= 0.3 is 5.97 Å². The van der Waals surface area contributed by atoms with Crippen molar-refractivity contribution in [1.82, 2.24) is 4.90 Å². The number of hydrogen-bond acceptors (Lipinski definition) is 5. The van der Waals surface area contributed by atoms with E-state index in [1.807, 2.05) is 48.4 Å². The Kier molecular flexibility index (Phi) is 12.2. The highest BCUT2D eigenvalue weighted by Crippen LogP contribution is 2.51. The first-order valence-electron chi connectivity index (χ1n) is 14.7. The second-order valence-corrected chi connectivity index (χ2v) is 13.7. The third-order valence-electron chi connectivity index (χ3n) is 8.45. The van der Waals surface area contributed by atoms with Crippen molar-refractivity contribution in [3.63, 3.8) is 0 Å². The first-order chi connectivity index (χ1) is 21.1. The van der Waals surface area contributed by atoms with Gasteiger partial charge in [0.05, 0.1) is 41.1 Å². The Hall–Kier alpha value is -3.04. The molecular weight excluding hydrogens is 619 g/mol. The van der Waals surface area contributed by atoms with E-state index in [1.165, 1.54) is 37.1 Å². The summed E-state index contributed by atoms with van der Waals surface area (Å²) in [5.74, 6) is -1.37. The number of likely N-dealkylation sites (tertiary alicyclic amines) is 1. The van der Waals surface area contributed by atoms with Gasteiger partial charge in [0.25, 0.3) is 5.91 Å². The molecule has 7 nitrogen and oxygen atoms in total. The number of quaternary nitrogens is 1. The van der Waals surface area contributed by atoms with Crippen LogP contribution in [0.25, 0.3) is 0 Å². The lowest BCUT2D eigenvalue weighted by atomic mass is 9.85. The molecule has 0 saturated carbocycles. The molecule has 234 valence electrons. The number of fused-ring (bicyclic) bond motifs is 2. The molecule has 2 heterocycles. The van der Waals surface area contributed by atoms with Gasteiger partial charge in [-0.05, 0) is 34.9 Å². The van der Waals surface area contributed by atoms with Gasteiger partial charge in [0.1, 0.15) is 0 Å². The lowest BCUT2D eigenvalue weighted by Crippen LogP contribution is -3.13. The van der Waals surface area contributed by atoms with Crippen molar-refractivity contribution in [3.8, 4) is 0 Å². The van der Waals surface area contributed by atoms with Gasteiger partial charge in [-0.2, -0.15) is 0 Å². The molecule has 0 radical (unpaired) electrons. The van der Waals surface area contributed by atoms with Gasteiger partial charge in [-0.25, -0.2) is 4.79 Å². The van der Waals surface area contributed by atoms with Crippen LogP contribution in [0.3, 0.4) is 0 Å². The van der Waals surface area contributed by atoms with E-state index in [2.05, 4.69) is 48.2 Å². The number of carboxylic acid groups (broad SMARTS) is 2. The van der Waals surface area contributed by atoms with E-state index in [4.69, 9.17) is 28.3 Å². The van der Waals surface area contributed by atoms with Gasteiger partial charge in [0.15, 0.2) is 0 Å². The van der Waals surface area contributed by atoms with Crippen LogP contribution in [0.4, 0.5) is 0 Å². The number of carbonyl (C=O) groups excluding carboxylic acids is 2. The minimum absolute atomic E-state index is 0.0582. The summed E-state index contributed by atoms with van der Waals surface area (Å²) in [5, 5.41) is 16.8. The number of nitrogens with zero attached hydrogens (tertiary/aromatic N) is 1. The number of allylic oxidation sites excluding steroid dienone is 3. The molecule has 44 heavy (non-hydrogen) atoms. The van der Waals surface area contributed by atoms with Crippen molar-refractivity contribution in [3.05, 3.63) is 107 Å². The molecule has 2 aromatic carbocycles. The van der Waals surface area contributed by atoms with Crippen LogP contribution in [0, 0.1) is 5.92 Å². The summed E-state index contributed by atoms with van der Waals surface area (Å²) < 4.78 is 0.317. The number of thioether (sulfide) groups is 1. The molecule has 1 aliphatic carbocycles. The minimum Gasteiger partial charge on any atom is -0.545 e. The molecule has 0 bridgehead atoms. The normalized spacial score (nSPS) is 24.6. The molecule has 1 fully saturated rings. The summed E-state index contributed by atoms with van der Waals surface area (Å²) in [4.78, 5) is 35.6. The number of nitrogens with one attached hydrogen (secondary N) is 1. The predicted octanol–water partition coefficient (Wildman–Crippen LogP) is 3.67. The van der Waals surface area contributed by atoms with Crippen LogP contribution in [-0.4, -0.2) is 71.8 Å². The quantitative estimate of drug-likeness (QED) is 0.316. The number of carbonyl (C=O) groups is 3. The first-order valence-corrected chi connectivity index (χ1v) is 16.6. The number of rotatable bonds is 9. The van der Waals surface area contributed by atoms with Crippen LogP contribution >= 0.6 is 35.0 Å². The fraction of sp³-hybridized carbons (Fsp3) is 0.382. The van der Waals surface area contributed by atoms with E-state index in [0.29, 0.717) is 23.4 Å². The molecular formula is C34H38Cl2N2O5S. The summed E-state index contributed by atoms with van der Waals surface area (Å²) in [7, 11) is 1.91. The highest BCUT2D eigenvalue weighted by atomic mass is 35.5. The maximum atomic E-state index is 13.1. The Morgan fingerprint density at radius 3 is 2.39 bits per heavy atom.